The van der Waals surface area contributed by atoms with Crippen LogP contribution >= 0.6 is 0 Å². The highest BCUT2D eigenvalue weighted by Crippen LogP contribution is 2.27. The van der Waals surface area contributed by atoms with Crippen LogP contribution in [0.3, 0.4) is 0 Å². The van der Waals surface area contributed by atoms with Gasteiger partial charge in [-0.2, -0.15) is 0 Å². The highest BCUT2D eigenvalue weighted by Gasteiger charge is 2.32. The van der Waals surface area contributed by atoms with E-state index in [-0.39, 0.29) is 0 Å². The van der Waals surface area contributed by atoms with E-state index < -0.39 is 0 Å². The average molecular weight is 268 g/mol. The number of ether oxygens (including phenoxy) is 1. The number of nitrogens with one attached hydrogen (secondary N) is 1. The van der Waals surface area contributed by atoms with Gasteiger partial charge in [0.25, 0.3) is 0 Å². The lowest BCUT2D eigenvalue weighted by Crippen LogP contribution is -2.50. The Labute approximate surface area is 116 Å². The van der Waals surface area contributed by atoms with Crippen LogP contribution < -0.4 is 5.73 Å². The third kappa shape index (κ3) is 4.75. The molecule has 1 saturated heterocycles. The molecule has 1 aliphatic carbocycles. The van der Waals surface area contributed by atoms with Gasteiger partial charge in [-0.1, -0.05) is 0 Å². The number of amidine groups is 1. The van der Waals surface area contributed by atoms with Crippen molar-refractivity contribution in [3.8, 4) is 0 Å². The molecule has 0 aromatic carbocycles. The first-order chi connectivity index (χ1) is 9.06. The van der Waals surface area contributed by atoms with Crippen molar-refractivity contribution in [2.24, 2.45) is 5.73 Å². The van der Waals surface area contributed by atoms with E-state index >= 15 is 0 Å². The molecule has 1 saturated carbocycles. The second-order valence-electron chi connectivity index (χ2n) is 6.08. The van der Waals surface area contributed by atoms with Crippen molar-refractivity contribution < 1.29 is 4.74 Å². The molecule has 2 fully saturated rings. The molecule has 1 unspecified atom stereocenters. The molecule has 0 amide bonds. The molecule has 110 valence electrons. The van der Waals surface area contributed by atoms with E-state index in [0.29, 0.717) is 30.4 Å². The first-order valence-electron chi connectivity index (χ1n) is 7.49. The van der Waals surface area contributed by atoms with Gasteiger partial charge in [-0.05, 0) is 26.7 Å². The molecule has 1 heterocycles. The Kier molecular flexibility index (Phi) is 5.19. The Morgan fingerprint density at radius 1 is 1.47 bits per heavy atom. The summed E-state index contributed by atoms with van der Waals surface area (Å²) >= 11 is 0. The Bertz CT molecular complexity index is 304. The van der Waals surface area contributed by atoms with Crippen LogP contribution in [0.4, 0.5) is 0 Å². The molecule has 2 rings (SSSR count). The van der Waals surface area contributed by atoms with E-state index in [1.54, 1.807) is 0 Å². The molecule has 0 aromatic heterocycles. The summed E-state index contributed by atoms with van der Waals surface area (Å²) in [6.45, 7) is 9.30. The molecule has 2 aliphatic rings. The average Bonchev–Trinajstić information content (AvgIpc) is 3.18. The van der Waals surface area contributed by atoms with Crippen LogP contribution in [-0.4, -0.2) is 66.6 Å². The smallest absolute Gasteiger partial charge is 0.0918 e. The molecule has 5 heteroatoms. The van der Waals surface area contributed by atoms with Crippen molar-refractivity contribution in [2.45, 2.75) is 51.3 Å². The highest BCUT2D eigenvalue weighted by molar-refractivity contribution is 5.76. The zero-order valence-electron chi connectivity index (χ0n) is 12.3. The fourth-order valence-corrected chi connectivity index (χ4v) is 2.71. The minimum atomic E-state index is 0.291. The van der Waals surface area contributed by atoms with Gasteiger partial charge < -0.3 is 10.5 Å². The van der Waals surface area contributed by atoms with Crippen molar-refractivity contribution >= 4 is 5.84 Å². The topological polar surface area (TPSA) is 65.6 Å². The van der Waals surface area contributed by atoms with Gasteiger partial charge in [0, 0.05) is 44.7 Å². The number of morpholine rings is 1. The highest BCUT2D eigenvalue weighted by atomic mass is 16.5. The monoisotopic (exact) mass is 268 g/mol. The first kappa shape index (κ1) is 14.8. The Morgan fingerprint density at radius 2 is 2.21 bits per heavy atom. The molecule has 0 radical (unpaired) electrons. The summed E-state index contributed by atoms with van der Waals surface area (Å²) in [5.41, 5.74) is 5.47. The lowest BCUT2D eigenvalue weighted by atomic mass is 10.2. The molecule has 1 atom stereocenters. The third-order valence-corrected chi connectivity index (χ3v) is 4.07. The van der Waals surface area contributed by atoms with Crippen molar-refractivity contribution in [2.75, 3.05) is 32.8 Å². The summed E-state index contributed by atoms with van der Waals surface area (Å²) in [7, 11) is 0. The predicted molar refractivity (Wildman–Crippen MR) is 77.6 cm³/mol. The lowest BCUT2D eigenvalue weighted by molar-refractivity contribution is -0.0528. The second kappa shape index (κ2) is 6.68. The Hall–Kier alpha value is -0.650. The van der Waals surface area contributed by atoms with E-state index in [1.807, 2.05) is 0 Å². The quantitative estimate of drug-likeness (QED) is 0.531. The SMILES string of the molecule is CC(C)N1CCOC(CN(CCC(=N)N)C2CC2)C1. The van der Waals surface area contributed by atoms with Gasteiger partial charge in [0.1, 0.15) is 0 Å². The maximum atomic E-state index is 7.37. The van der Waals surface area contributed by atoms with Gasteiger partial charge in [0.2, 0.25) is 0 Å². The van der Waals surface area contributed by atoms with E-state index in [1.165, 1.54) is 12.8 Å². The molecule has 19 heavy (non-hydrogen) atoms. The fraction of sp³-hybridized carbons (Fsp3) is 0.929. The van der Waals surface area contributed by atoms with Gasteiger partial charge in [-0.3, -0.25) is 15.2 Å². The van der Waals surface area contributed by atoms with Crippen LogP contribution in [0.15, 0.2) is 0 Å². The summed E-state index contributed by atoms with van der Waals surface area (Å²) in [4.78, 5) is 4.96. The minimum absolute atomic E-state index is 0.291. The van der Waals surface area contributed by atoms with Crippen LogP contribution in [0, 0.1) is 5.41 Å². The van der Waals surface area contributed by atoms with Crippen LogP contribution in [0.5, 0.6) is 0 Å². The molecule has 0 spiro atoms. The predicted octanol–water partition coefficient (Wildman–Crippen LogP) is 0.886. The molecule has 0 aromatic rings. The zero-order valence-corrected chi connectivity index (χ0v) is 12.3. The van der Waals surface area contributed by atoms with Crippen molar-refractivity contribution in [1.29, 1.82) is 5.41 Å². The van der Waals surface area contributed by atoms with Gasteiger partial charge in [-0.25, -0.2) is 0 Å². The van der Waals surface area contributed by atoms with Gasteiger partial charge in [0.15, 0.2) is 0 Å². The standard InChI is InChI=1S/C14H28N4O/c1-11(2)17-7-8-19-13(9-17)10-18(12-3-4-12)6-5-14(15)16/h11-13H,3-10H2,1-2H3,(H3,15,16). The Balaban J connectivity index is 1.81. The Morgan fingerprint density at radius 3 is 2.79 bits per heavy atom. The number of rotatable bonds is 7. The normalized spacial score (nSPS) is 25.2. The summed E-state index contributed by atoms with van der Waals surface area (Å²) in [6.07, 6.45) is 3.57. The zero-order chi connectivity index (χ0) is 13.8. The van der Waals surface area contributed by atoms with Gasteiger partial charge >= 0.3 is 0 Å². The molecular formula is C14H28N4O. The van der Waals surface area contributed by atoms with Crippen molar-refractivity contribution in [1.82, 2.24) is 9.80 Å². The van der Waals surface area contributed by atoms with Crippen LogP contribution in [0.1, 0.15) is 33.1 Å². The summed E-state index contributed by atoms with van der Waals surface area (Å²) in [5, 5.41) is 7.37. The molecule has 0 bridgehead atoms. The van der Waals surface area contributed by atoms with Crippen LogP contribution in [-0.2, 0) is 4.74 Å². The second-order valence-corrected chi connectivity index (χ2v) is 6.08. The first-order valence-corrected chi connectivity index (χ1v) is 7.49. The number of nitrogens with two attached hydrogens (primary N) is 1. The molecule has 1 aliphatic heterocycles. The number of hydrogen-bond donors (Lipinski definition) is 2. The van der Waals surface area contributed by atoms with Gasteiger partial charge in [-0.15, -0.1) is 0 Å². The van der Waals surface area contributed by atoms with E-state index in [0.717, 1.165) is 32.8 Å². The molecular weight excluding hydrogens is 240 g/mol. The van der Waals surface area contributed by atoms with E-state index in [4.69, 9.17) is 15.9 Å². The third-order valence-electron chi connectivity index (χ3n) is 4.07. The number of nitrogens with zero attached hydrogens (tertiary/aromatic N) is 2. The maximum Gasteiger partial charge on any atom is 0.0918 e. The summed E-state index contributed by atoms with van der Waals surface area (Å²) in [5.74, 6) is 0.291. The molecule has 5 nitrogen and oxygen atoms in total. The summed E-state index contributed by atoms with van der Waals surface area (Å²) in [6, 6.07) is 1.30. The summed E-state index contributed by atoms with van der Waals surface area (Å²) < 4.78 is 5.91. The lowest BCUT2D eigenvalue weighted by Gasteiger charge is -2.37. The van der Waals surface area contributed by atoms with E-state index in [9.17, 15) is 0 Å². The van der Waals surface area contributed by atoms with Crippen LogP contribution in [0.2, 0.25) is 0 Å². The van der Waals surface area contributed by atoms with Crippen molar-refractivity contribution in [3.63, 3.8) is 0 Å². The fourth-order valence-electron chi connectivity index (χ4n) is 2.71. The van der Waals surface area contributed by atoms with Crippen LogP contribution in [0.25, 0.3) is 0 Å². The van der Waals surface area contributed by atoms with Gasteiger partial charge in [0.05, 0.1) is 18.5 Å². The number of hydrogen-bond acceptors (Lipinski definition) is 4. The molecule has 3 N–H and O–H groups in total. The van der Waals surface area contributed by atoms with E-state index in [2.05, 4.69) is 23.6 Å². The van der Waals surface area contributed by atoms with Crippen molar-refractivity contribution in [3.05, 3.63) is 0 Å². The maximum absolute atomic E-state index is 7.37. The minimum Gasteiger partial charge on any atom is -0.388 e. The largest absolute Gasteiger partial charge is 0.388 e.